The molecule has 10 heteroatoms. The van der Waals surface area contributed by atoms with E-state index in [0.29, 0.717) is 0 Å². The quantitative estimate of drug-likeness (QED) is 0.564. The van der Waals surface area contributed by atoms with E-state index in [1.807, 2.05) is 0 Å². The lowest BCUT2D eigenvalue weighted by atomic mass is 10.4. The molecule has 0 amide bonds. The van der Waals surface area contributed by atoms with Gasteiger partial charge in [-0.3, -0.25) is 0 Å². The maximum Gasteiger partial charge on any atom is 0.472 e. The van der Waals surface area contributed by atoms with Crippen LogP contribution in [0.4, 0.5) is 22.0 Å². The zero-order valence-electron chi connectivity index (χ0n) is 5.70. The molecule has 0 aliphatic heterocycles. The van der Waals surface area contributed by atoms with Crippen LogP contribution in [0.1, 0.15) is 0 Å². The molecule has 0 aromatic heterocycles. The smallest absolute Gasteiger partial charge is 0.303 e. The molecule has 0 heterocycles. The summed E-state index contributed by atoms with van der Waals surface area (Å²) < 4.78 is 70.9. The molecule has 80 valence electrons. The molecule has 0 aromatic carbocycles. The number of hydrogen-bond donors (Lipinski definition) is 2. The Bertz CT molecular complexity index is 214. The first-order valence-electron chi connectivity index (χ1n) is 2.61. The number of hydrogen-bond acceptors (Lipinski definition) is 2. The maximum atomic E-state index is 12.0. The highest BCUT2D eigenvalue weighted by molar-refractivity contribution is 7.46. The van der Waals surface area contributed by atoms with Crippen molar-refractivity contribution in [2.45, 2.75) is 18.7 Å². The molecule has 2 N–H and O–H groups in total. The molecule has 1 atom stereocenters. The zero-order valence-corrected chi connectivity index (χ0v) is 6.60. The van der Waals surface area contributed by atoms with Crippen LogP contribution in [-0.4, -0.2) is 28.5 Å². The molecule has 1 unspecified atom stereocenters. The first-order chi connectivity index (χ1) is 5.57. The van der Waals surface area contributed by atoms with Crippen molar-refractivity contribution in [2.75, 3.05) is 0 Å². The summed E-state index contributed by atoms with van der Waals surface area (Å²) in [5.41, 5.74) is 0. The maximum absolute atomic E-state index is 12.0. The molecular weight excluding hydrogens is 226 g/mol. The van der Waals surface area contributed by atoms with Crippen molar-refractivity contribution in [1.82, 2.24) is 0 Å². The Kier molecular flexibility index (Phi) is 3.80. The Morgan fingerprint density at radius 3 is 1.85 bits per heavy atom. The fraction of sp³-hybridized carbons (Fsp3) is 1.00. The number of halogens is 5. The summed E-state index contributed by atoms with van der Waals surface area (Å²) in [6.45, 7) is 0. The Balaban J connectivity index is 4.43. The van der Waals surface area contributed by atoms with E-state index in [0.717, 1.165) is 0 Å². The summed E-state index contributed by atoms with van der Waals surface area (Å²) >= 11 is 0. The number of phosphoric ester groups is 1. The van der Waals surface area contributed by atoms with E-state index in [1.54, 1.807) is 0 Å². The summed E-state index contributed by atoms with van der Waals surface area (Å²) in [5.74, 6) is -5.25. The molecule has 0 fully saturated rings. The predicted octanol–water partition coefficient (Wildman–Crippen LogP) is 1.29. The Morgan fingerprint density at radius 1 is 1.23 bits per heavy atom. The van der Waals surface area contributed by atoms with Gasteiger partial charge in [0, 0.05) is 0 Å². The minimum absolute atomic E-state index is 2.73. The molecule has 0 rings (SSSR count). The van der Waals surface area contributed by atoms with E-state index < -0.39 is 26.5 Å². The monoisotopic (exact) mass is 230 g/mol. The third-order valence-electron chi connectivity index (χ3n) is 0.823. The van der Waals surface area contributed by atoms with E-state index in [-0.39, 0.29) is 0 Å². The van der Waals surface area contributed by atoms with E-state index >= 15 is 0 Å². The van der Waals surface area contributed by atoms with Crippen molar-refractivity contribution in [3.63, 3.8) is 0 Å². The van der Waals surface area contributed by atoms with Crippen LogP contribution in [-0.2, 0) is 9.09 Å². The van der Waals surface area contributed by atoms with Crippen LogP contribution >= 0.6 is 7.82 Å². The van der Waals surface area contributed by atoms with Crippen LogP contribution in [0.25, 0.3) is 0 Å². The Hall–Kier alpha value is -0.240. The van der Waals surface area contributed by atoms with E-state index in [4.69, 9.17) is 9.79 Å². The minimum atomic E-state index is -5.55. The van der Waals surface area contributed by atoms with Crippen molar-refractivity contribution >= 4 is 7.82 Å². The van der Waals surface area contributed by atoms with Gasteiger partial charge < -0.3 is 9.79 Å². The van der Waals surface area contributed by atoms with Crippen LogP contribution in [0.3, 0.4) is 0 Å². The normalized spacial score (nSPS) is 16.3. The molecule has 0 aliphatic rings. The highest BCUT2D eigenvalue weighted by atomic mass is 31.2. The second-order valence-electron chi connectivity index (χ2n) is 1.89. The first-order valence-corrected chi connectivity index (χ1v) is 4.14. The van der Waals surface area contributed by atoms with Crippen LogP contribution in [0, 0.1) is 0 Å². The zero-order chi connectivity index (χ0) is 10.9. The molecule has 4 nitrogen and oxygen atoms in total. The van der Waals surface area contributed by atoms with Gasteiger partial charge in [0.25, 0.3) is 6.36 Å². The van der Waals surface area contributed by atoms with Crippen molar-refractivity contribution in [3.05, 3.63) is 0 Å². The summed E-state index contributed by atoms with van der Waals surface area (Å²) in [6, 6.07) is 0. The van der Waals surface area contributed by atoms with Gasteiger partial charge in [-0.2, -0.15) is 8.78 Å². The molecule has 0 bridgehead atoms. The van der Waals surface area contributed by atoms with Crippen molar-refractivity contribution < 1.29 is 40.8 Å². The van der Waals surface area contributed by atoms with Gasteiger partial charge in [-0.15, -0.1) is 0 Å². The van der Waals surface area contributed by atoms with Crippen molar-refractivity contribution in [3.8, 4) is 0 Å². The Labute approximate surface area is 68.5 Å². The van der Waals surface area contributed by atoms with Gasteiger partial charge in [0.2, 0.25) is 0 Å². The topological polar surface area (TPSA) is 66.8 Å². The fourth-order valence-corrected chi connectivity index (χ4v) is 0.672. The largest absolute Gasteiger partial charge is 0.472 e. The third kappa shape index (κ3) is 3.99. The molecule has 0 radical (unpaired) electrons. The van der Waals surface area contributed by atoms with Crippen LogP contribution < -0.4 is 0 Å². The fourth-order valence-electron chi connectivity index (χ4n) is 0.290. The summed E-state index contributed by atoms with van der Waals surface area (Å²) in [7, 11) is -5.55. The van der Waals surface area contributed by atoms with Gasteiger partial charge in [-0.05, 0) is 0 Å². The second kappa shape index (κ2) is 3.87. The van der Waals surface area contributed by atoms with Crippen molar-refractivity contribution in [2.24, 2.45) is 0 Å². The lowest BCUT2D eigenvalue weighted by molar-refractivity contribution is -0.225. The van der Waals surface area contributed by atoms with E-state index in [2.05, 4.69) is 4.52 Å². The summed E-state index contributed by atoms with van der Waals surface area (Å²) in [5, 5.41) is 0. The lowest BCUT2D eigenvalue weighted by Crippen LogP contribution is -2.38. The summed E-state index contributed by atoms with van der Waals surface area (Å²) in [4.78, 5) is 15.6. The van der Waals surface area contributed by atoms with E-state index in [9.17, 15) is 26.5 Å². The number of phosphoric acid groups is 1. The number of alkyl halides is 5. The highest BCUT2D eigenvalue weighted by Gasteiger charge is 2.52. The molecule has 13 heavy (non-hydrogen) atoms. The van der Waals surface area contributed by atoms with E-state index in [1.165, 1.54) is 0 Å². The van der Waals surface area contributed by atoms with Gasteiger partial charge in [0.1, 0.15) is 0 Å². The van der Waals surface area contributed by atoms with Gasteiger partial charge in [-0.1, -0.05) is 0 Å². The van der Waals surface area contributed by atoms with Gasteiger partial charge in [0.05, 0.1) is 0 Å². The van der Waals surface area contributed by atoms with Crippen LogP contribution in [0.5, 0.6) is 0 Å². The molecule has 0 aromatic rings. The standard InChI is InChI=1S/C3H4F5O4P/c4-1(5)3(7,8)2(6)12-13(9,10)11/h1-2H,(H2,9,10,11). The molecule has 0 saturated carbocycles. The average molecular weight is 230 g/mol. The first kappa shape index (κ1) is 12.8. The Morgan fingerprint density at radius 2 is 1.62 bits per heavy atom. The van der Waals surface area contributed by atoms with Gasteiger partial charge in [0.15, 0.2) is 0 Å². The molecular formula is C3H4F5O4P. The minimum Gasteiger partial charge on any atom is -0.303 e. The SMILES string of the molecule is O=P(O)(O)OC(F)C(F)(F)C(F)F. The third-order valence-corrected chi connectivity index (χ3v) is 1.28. The average Bonchev–Trinajstić information content (AvgIpc) is 1.82. The second-order valence-corrected chi connectivity index (χ2v) is 3.08. The van der Waals surface area contributed by atoms with Gasteiger partial charge in [-0.25, -0.2) is 22.3 Å². The molecule has 0 aliphatic carbocycles. The predicted molar refractivity (Wildman–Crippen MR) is 29.0 cm³/mol. The van der Waals surface area contributed by atoms with Crippen LogP contribution in [0.2, 0.25) is 0 Å². The summed E-state index contributed by atoms with van der Waals surface area (Å²) in [6.07, 6.45) is -8.46. The number of rotatable bonds is 4. The molecule has 0 spiro atoms. The molecule has 0 saturated heterocycles. The van der Waals surface area contributed by atoms with Gasteiger partial charge >= 0.3 is 20.2 Å². The van der Waals surface area contributed by atoms with Crippen molar-refractivity contribution in [1.29, 1.82) is 0 Å². The lowest BCUT2D eigenvalue weighted by Gasteiger charge is -2.19. The van der Waals surface area contributed by atoms with Crippen LogP contribution in [0.15, 0.2) is 0 Å². The highest BCUT2D eigenvalue weighted by Crippen LogP contribution is 2.43.